The number of hydrogen-bond acceptors (Lipinski definition) is 1. The lowest BCUT2D eigenvalue weighted by Crippen LogP contribution is -1.96. The van der Waals surface area contributed by atoms with Crippen molar-refractivity contribution in [1.82, 2.24) is 0 Å². The van der Waals surface area contributed by atoms with Gasteiger partial charge >= 0.3 is 0 Å². The molecule has 0 aliphatic heterocycles. The van der Waals surface area contributed by atoms with Crippen LogP contribution in [-0.2, 0) is 11.2 Å². The number of aryl methyl sites for hydroxylation is 1. The van der Waals surface area contributed by atoms with Gasteiger partial charge in [0, 0.05) is 17.2 Å². The normalized spacial score (nSPS) is 13.7. The van der Waals surface area contributed by atoms with Gasteiger partial charge in [0.15, 0.2) is 11.6 Å². The van der Waals surface area contributed by atoms with Crippen LogP contribution >= 0.6 is 0 Å². The maximum Gasteiger partial charge on any atom is 0.166 e. The Balaban J connectivity index is 2.78. The van der Waals surface area contributed by atoms with Crippen molar-refractivity contribution >= 4 is 6.08 Å². The Hall–Kier alpha value is -2.49. The fourth-order valence-electron chi connectivity index (χ4n) is 2.31. The zero-order valence-electron chi connectivity index (χ0n) is 16.4. The third kappa shape index (κ3) is 6.63. The highest BCUT2D eigenvalue weighted by Crippen LogP contribution is 2.22. The molecule has 0 spiro atoms. The molecule has 1 unspecified atom stereocenters. The molecule has 0 heterocycles. The molecule has 146 valence electrons. The third-order valence-corrected chi connectivity index (χ3v) is 4.29. The van der Waals surface area contributed by atoms with E-state index in [1.807, 2.05) is 13.0 Å². The minimum Gasteiger partial charge on any atom is -0.497 e. The van der Waals surface area contributed by atoms with E-state index >= 15 is 0 Å². The van der Waals surface area contributed by atoms with E-state index in [-0.39, 0.29) is 22.8 Å². The molecule has 0 fully saturated rings. The number of rotatable bonds is 9. The molecule has 1 rings (SSSR count). The standard InChI is InChI=1S/C23H27F3O/c1-7-19-12-13-20(23(26)22(19)25)11-9-15(2)8-10-16(3)18(5)21(24)14-17(4)27-6/h9-15H,4-5,7-8H2,1-3,6H3/b11-9+,16-10+,21-14+. The number of hydrogen-bond donors (Lipinski definition) is 0. The molecule has 0 saturated heterocycles. The van der Waals surface area contributed by atoms with Crippen molar-refractivity contribution in [1.29, 1.82) is 0 Å². The van der Waals surface area contributed by atoms with Gasteiger partial charge in [0.2, 0.25) is 0 Å². The van der Waals surface area contributed by atoms with Crippen LogP contribution in [0.3, 0.4) is 0 Å². The summed E-state index contributed by atoms with van der Waals surface area (Å²) in [6, 6.07) is 3.17. The molecule has 0 bridgehead atoms. The molecule has 0 saturated carbocycles. The number of ether oxygens (including phenoxy) is 1. The van der Waals surface area contributed by atoms with Crippen molar-refractivity contribution in [3.8, 4) is 0 Å². The topological polar surface area (TPSA) is 9.23 Å². The summed E-state index contributed by atoms with van der Waals surface area (Å²) in [5, 5.41) is 0. The van der Waals surface area contributed by atoms with Gasteiger partial charge in [-0.3, -0.25) is 0 Å². The quantitative estimate of drug-likeness (QED) is 0.330. The van der Waals surface area contributed by atoms with Gasteiger partial charge in [0.05, 0.1) is 7.11 Å². The van der Waals surface area contributed by atoms with E-state index in [1.165, 1.54) is 13.2 Å². The Morgan fingerprint density at radius 2 is 1.89 bits per heavy atom. The van der Waals surface area contributed by atoms with Crippen LogP contribution in [0.2, 0.25) is 0 Å². The van der Waals surface area contributed by atoms with Crippen molar-refractivity contribution in [3.63, 3.8) is 0 Å². The van der Waals surface area contributed by atoms with E-state index in [1.54, 1.807) is 38.1 Å². The van der Waals surface area contributed by atoms with Crippen molar-refractivity contribution in [2.24, 2.45) is 5.92 Å². The fourth-order valence-corrected chi connectivity index (χ4v) is 2.31. The van der Waals surface area contributed by atoms with Gasteiger partial charge in [0.1, 0.15) is 11.6 Å². The van der Waals surface area contributed by atoms with Crippen LogP contribution in [0.25, 0.3) is 6.08 Å². The SMILES string of the molecule is C=C(/C=C(/F)C(=C)/C(C)=C/CC(C)/C=C/c1ccc(CC)c(F)c1F)OC. The smallest absolute Gasteiger partial charge is 0.166 e. The van der Waals surface area contributed by atoms with E-state index in [4.69, 9.17) is 4.74 Å². The van der Waals surface area contributed by atoms with Crippen LogP contribution in [0.15, 0.2) is 66.3 Å². The van der Waals surface area contributed by atoms with Crippen LogP contribution in [-0.4, -0.2) is 7.11 Å². The monoisotopic (exact) mass is 376 g/mol. The largest absolute Gasteiger partial charge is 0.497 e. The molecule has 0 aliphatic rings. The van der Waals surface area contributed by atoms with E-state index in [9.17, 15) is 13.2 Å². The van der Waals surface area contributed by atoms with Crippen LogP contribution in [0.4, 0.5) is 13.2 Å². The van der Waals surface area contributed by atoms with Crippen LogP contribution < -0.4 is 0 Å². The Labute approximate surface area is 160 Å². The summed E-state index contributed by atoms with van der Waals surface area (Å²) in [5.74, 6) is -1.86. The summed E-state index contributed by atoms with van der Waals surface area (Å²) in [5.41, 5.74) is 1.53. The van der Waals surface area contributed by atoms with Crippen LogP contribution in [0.5, 0.6) is 0 Å². The summed E-state index contributed by atoms with van der Waals surface area (Å²) in [6.45, 7) is 12.8. The number of allylic oxidation sites excluding steroid dienone is 6. The molecule has 1 aromatic rings. The minimum atomic E-state index is -0.830. The molecule has 0 amide bonds. The third-order valence-electron chi connectivity index (χ3n) is 4.29. The lowest BCUT2D eigenvalue weighted by molar-refractivity contribution is 0.307. The van der Waals surface area contributed by atoms with Crippen LogP contribution in [0, 0.1) is 17.6 Å². The second kappa shape index (κ2) is 10.6. The molecule has 0 N–H and O–H groups in total. The first kappa shape index (κ1) is 22.6. The van der Waals surface area contributed by atoms with Crippen LogP contribution in [0.1, 0.15) is 38.3 Å². The maximum atomic E-state index is 14.0. The Morgan fingerprint density at radius 3 is 2.48 bits per heavy atom. The van der Waals surface area contributed by atoms with Crippen molar-refractivity contribution in [2.45, 2.75) is 33.6 Å². The van der Waals surface area contributed by atoms with Gasteiger partial charge in [-0.2, -0.15) is 0 Å². The molecule has 4 heteroatoms. The zero-order valence-corrected chi connectivity index (χ0v) is 16.4. The molecule has 1 atom stereocenters. The lowest BCUT2D eigenvalue weighted by atomic mass is 10.00. The van der Waals surface area contributed by atoms with Gasteiger partial charge in [-0.1, -0.05) is 57.4 Å². The molecule has 27 heavy (non-hydrogen) atoms. The average molecular weight is 376 g/mol. The second-order valence-electron chi connectivity index (χ2n) is 6.40. The first-order valence-electron chi connectivity index (χ1n) is 8.82. The number of benzene rings is 1. The second-order valence-corrected chi connectivity index (χ2v) is 6.40. The van der Waals surface area contributed by atoms with Crippen molar-refractivity contribution in [2.75, 3.05) is 7.11 Å². The molecular weight excluding hydrogens is 349 g/mol. The predicted molar refractivity (Wildman–Crippen MR) is 107 cm³/mol. The molecule has 0 radical (unpaired) electrons. The van der Waals surface area contributed by atoms with E-state index in [0.717, 1.165) is 0 Å². The predicted octanol–water partition coefficient (Wildman–Crippen LogP) is 7.08. The van der Waals surface area contributed by atoms with E-state index < -0.39 is 17.5 Å². The molecule has 0 aromatic heterocycles. The summed E-state index contributed by atoms with van der Waals surface area (Å²) in [6.07, 6.45) is 7.47. The summed E-state index contributed by atoms with van der Waals surface area (Å²) in [4.78, 5) is 0. The molecule has 1 nitrogen and oxygen atoms in total. The highest BCUT2D eigenvalue weighted by molar-refractivity contribution is 5.51. The Morgan fingerprint density at radius 1 is 1.22 bits per heavy atom. The zero-order chi connectivity index (χ0) is 20.6. The maximum absolute atomic E-state index is 14.0. The highest BCUT2D eigenvalue weighted by atomic mass is 19.2. The van der Waals surface area contributed by atoms with E-state index in [0.29, 0.717) is 24.0 Å². The van der Waals surface area contributed by atoms with Gasteiger partial charge in [-0.15, -0.1) is 0 Å². The average Bonchev–Trinajstić information content (AvgIpc) is 2.66. The lowest BCUT2D eigenvalue weighted by Gasteiger charge is -2.08. The molecule has 0 aliphatic carbocycles. The molecule has 1 aromatic carbocycles. The van der Waals surface area contributed by atoms with Gasteiger partial charge in [-0.25, -0.2) is 13.2 Å². The van der Waals surface area contributed by atoms with Crippen molar-refractivity contribution < 1.29 is 17.9 Å². The minimum absolute atomic E-state index is 0.0574. The first-order chi connectivity index (χ1) is 12.7. The number of methoxy groups -OCH3 is 1. The number of halogens is 3. The summed E-state index contributed by atoms with van der Waals surface area (Å²) < 4.78 is 46.7. The highest BCUT2D eigenvalue weighted by Gasteiger charge is 2.10. The van der Waals surface area contributed by atoms with Crippen molar-refractivity contribution in [3.05, 3.63) is 89.0 Å². The first-order valence-corrected chi connectivity index (χ1v) is 8.82. The summed E-state index contributed by atoms with van der Waals surface area (Å²) in [7, 11) is 1.41. The summed E-state index contributed by atoms with van der Waals surface area (Å²) >= 11 is 0. The Bertz CT molecular complexity index is 785. The van der Waals surface area contributed by atoms with Gasteiger partial charge < -0.3 is 4.74 Å². The fraction of sp³-hybridized carbons (Fsp3) is 0.304. The van der Waals surface area contributed by atoms with Gasteiger partial charge in [0.25, 0.3) is 0 Å². The Kier molecular flexibility index (Phi) is 8.86. The van der Waals surface area contributed by atoms with E-state index in [2.05, 4.69) is 13.2 Å². The molecular formula is C23H27F3O. The van der Waals surface area contributed by atoms with Gasteiger partial charge in [-0.05, 0) is 36.8 Å².